The summed E-state index contributed by atoms with van der Waals surface area (Å²) < 4.78 is 1.78. The number of rotatable bonds is 5. The molecule has 6 nitrogen and oxygen atoms in total. The van der Waals surface area contributed by atoms with Crippen LogP contribution >= 0.6 is 0 Å². The summed E-state index contributed by atoms with van der Waals surface area (Å²) >= 11 is 0. The molecule has 0 spiro atoms. The van der Waals surface area contributed by atoms with Crippen molar-refractivity contribution in [1.82, 2.24) is 19.7 Å². The molecular weight excluding hydrogens is 336 g/mol. The van der Waals surface area contributed by atoms with Gasteiger partial charge < -0.3 is 15.1 Å². The van der Waals surface area contributed by atoms with Crippen molar-refractivity contribution in [2.75, 3.05) is 42.9 Å². The lowest BCUT2D eigenvalue weighted by molar-refractivity contribution is 0.271. The number of para-hydroxylation sites is 1. The van der Waals surface area contributed by atoms with Gasteiger partial charge in [-0.1, -0.05) is 25.1 Å². The zero-order chi connectivity index (χ0) is 18.6. The topological polar surface area (TPSA) is 49.2 Å². The van der Waals surface area contributed by atoms with E-state index in [-0.39, 0.29) is 0 Å². The lowest BCUT2D eigenvalue weighted by Crippen LogP contribution is -2.46. The van der Waals surface area contributed by atoms with Crippen LogP contribution in [0.2, 0.25) is 0 Å². The lowest BCUT2D eigenvalue weighted by atomic mass is 10.1. The number of anilines is 3. The lowest BCUT2D eigenvalue weighted by Gasteiger charge is -2.35. The van der Waals surface area contributed by atoms with Gasteiger partial charge in [0.15, 0.2) is 0 Å². The Balaban J connectivity index is 1.50. The molecule has 1 aliphatic heterocycles. The number of likely N-dealkylation sites (N-methyl/N-ethyl adjacent to an activating group) is 1. The third-order valence-corrected chi connectivity index (χ3v) is 5.02. The Morgan fingerprint density at radius 1 is 0.963 bits per heavy atom. The van der Waals surface area contributed by atoms with Gasteiger partial charge in [0, 0.05) is 37.6 Å². The molecule has 2 heterocycles. The van der Waals surface area contributed by atoms with Crippen LogP contribution in [-0.4, -0.2) is 52.4 Å². The van der Waals surface area contributed by atoms with Crippen LogP contribution < -0.4 is 10.2 Å². The van der Waals surface area contributed by atoms with E-state index < -0.39 is 0 Å². The largest absolute Gasteiger partial charge is 0.369 e. The molecule has 0 radical (unpaired) electrons. The fraction of sp³-hybridized carbons (Fsp3) is 0.333. The number of hydrogen-bond acceptors (Lipinski definition) is 5. The summed E-state index contributed by atoms with van der Waals surface area (Å²) in [6, 6.07) is 16.6. The molecule has 3 aromatic rings. The fourth-order valence-electron chi connectivity index (χ4n) is 3.49. The van der Waals surface area contributed by atoms with E-state index in [1.54, 1.807) is 11.0 Å². The molecule has 4 rings (SSSR count). The van der Waals surface area contributed by atoms with Crippen molar-refractivity contribution in [1.29, 1.82) is 0 Å². The average molecular weight is 362 g/mol. The molecule has 1 N–H and O–H groups in total. The summed E-state index contributed by atoms with van der Waals surface area (Å²) in [6.45, 7) is 9.87. The molecule has 140 valence electrons. The number of benzene rings is 2. The van der Waals surface area contributed by atoms with Crippen molar-refractivity contribution in [2.45, 2.75) is 13.8 Å². The molecule has 0 atom stereocenters. The average Bonchev–Trinajstić information content (AvgIpc) is 3.17. The normalized spacial score (nSPS) is 15.1. The van der Waals surface area contributed by atoms with Gasteiger partial charge in [0.2, 0.25) is 5.95 Å². The number of nitrogens with zero attached hydrogens (tertiary/aromatic N) is 5. The highest BCUT2D eigenvalue weighted by molar-refractivity contribution is 5.64. The van der Waals surface area contributed by atoms with Gasteiger partial charge in [-0.25, -0.2) is 4.68 Å². The molecule has 0 saturated carbocycles. The van der Waals surface area contributed by atoms with Gasteiger partial charge in [-0.3, -0.25) is 0 Å². The number of aromatic nitrogens is 3. The van der Waals surface area contributed by atoms with Crippen molar-refractivity contribution >= 4 is 17.3 Å². The van der Waals surface area contributed by atoms with Gasteiger partial charge in [-0.15, -0.1) is 5.10 Å². The quantitative estimate of drug-likeness (QED) is 0.753. The van der Waals surface area contributed by atoms with Crippen molar-refractivity contribution < 1.29 is 0 Å². The summed E-state index contributed by atoms with van der Waals surface area (Å²) in [5.41, 5.74) is 4.51. The predicted molar refractivity (Wildman–Crippen MR) is 110 cm³/mol. The predicted octanol–water partition coefficient (Wildman–Crippen LogP) is 3.46. The van der Waals surface area contributed by atoms with E-state index in [0.717, 1.165) is 44.1 Å². The number of nitrogens with one attached hydrogen (secondary N) is 1. The Morgan fingerprint density at radius 2 is 1.74 bits per heavy atom. The number of piperazine rings is 1. The maximum atomic E-state index is 4.54. The van der Waals surface area contributed by atoms with E-state index in [0.29, 0.717) is 5.95 Å². The van der Waals surface area contributed by atoms with Crippen molar-refractivity contribution in [3.05, 3.63) is 60.4 Å². The maximum Gasteiger partial charge on any atom is 0.246 e. The molecule has 0 unspecified atom stereocenters. The first-order valence-corrected chi connectivity index (χ1v) is 9.54. The smallest absolute Gasteiger partial charge is 0.246 e. The standard InChI is InChI=1S/C21H26N6/c1-3-25-9-11-26(12-10-25)20-14-17(2)13-18(15-20)23-21-22-16-27(24-21)19-7-5-4-6-8-19/h4-8,13-16H,3,9-12H2,1-2H3,(H,23,24). The van der Waals surface area contributed by atoms with Gasteiger partial charge in [0.1, 0.15) is 6.33 Å². The molecule has 6 heteroatoms. The molecular formula is C21H26N6. The van der Waals surface area contributed by atoms with Gasteiger partial charge in [-0.2, -0.15) is 4.98 Å². The molecule has 2 aromatic carbocycles. The van der Waals surface area contributed by atoms with E-state index in [9.17, 15) is 0 Å². The van der Waals surface area contributed by atoms with Crippen molar-refractivity contribution in [3.8, 4) is 5.69 Å². The molecule has 1 saturated heterocycles. The van der Waals surface area contributed by atoms with Crippen LogP contribution in [0.1, 0.15) is 12.5 Å². The molecule has 1 fully saturated rings. The maximum absolute atomic E-state index is 4.54. The number of aryl methyl sites for hydroxylation is 1. The van der Waals surface area contributed by atoms with E-state index in [2.05, 4.69) is 57.2 Å². The highest BCUT2D eigenvalue weighted by atomic mass is 15.4. The van der Waals surface area contributed by atoms with Crippen LogP contribution in [0.15, 0.2) is 54.9 Å². The molecule has 0 bridgehead atoms. The number of hydrogen-bond donors (Lipinski definition) is 1. The fourth-order valence-corrected chi connectivity index (χ4v) is 3.49. The Kier molecular flexibility index (Phi) is 5.07. The van der Waals surface area contributed by atoms with Crippen LogP contribution in [0.4, 0.5) is 17.3 Å². The van der Waals surface area contributed by atoms with E-state index in [1.807, 2.05) is 30.3 Å². The van der Waals surface area contributed by atoms with Gasteiger partial charge in [0.05, 0.1) is 5.69 Å². The molecule has 27 heavy (non-hydrogen) atoms. The summed E-state index contributed by atoms with van der Waals surface area (Å²) in [7, 11) is 0. The Bertz CT molecular complexity index is 881. The van der Waals surface area contributed by atoms with E-state index >= 15 is 0 Å². The minimum atomic E-state index is 0.603. The monoisotopic (exact) mass is 362 g/mol. The third kappa shape index (κ3) is 4.11. The highest BCUT2D eigenvalue weighted by Crippen LogP contribution is 2.25. The van der Waals surface area contributed by atoms with Gasteiger partial charge >= 0.3 is 0 Å². The zero-order valence-corrected chi connectivity index (χ0v) is 16.0. The second kappa shape index (κ2) is 7.80. The first-order chi connectivity index (χ1) is 13.2. The summed E-state index contributed by atoms with van der Waals surface area (Å²) in [6.07, 6.45) is 1.73. The van der Waals surface area contributed by atoms with Crippen molar-refractivity contribution in [2.24, 2.45) is 0 Å². The van der Waals surface area contributed by atoms with Crippen LogP contribution in [0.25, 0.3) is 5.69 Å². The molecule has 1 aromatic heterocycles. The third-order valence-electron chi connectivity index (χ3n) is 5.02. The van der Waals surface area contributed by atoms with Gasteiger partial charge in [-0.05, 0) is 49.4 Å². The zero-order valence-electron chi connectivity index (χ0n) is 16.0. The highest BCUT2D eigenvalue weighted by Gasteiger charge is 2.16. The first-order valence-electron chi connectivity index (χ1n) is 9.54. The summed E-state index contributed by atoms with van der Waals surface area (Å²) in [5, 5.41) is 7.90. The summed E-state index contributed by atoms with van der Waals surface area (Å²) in [4.78, 5) is 9.35. The summed E-state index contributed by atoms with van der Waals surface area (Å²) in [5.74, 6) is 0.603. The Hall–Kier alpha value is -2.86. The Labute approximate surface area is 160 Å². The van der Waals surface area contributed by atoms with Crippen LogP contribution in [0.5, 0.6) is 0 Å². The molecule has 0 amide bonds. The SMILES string of the molecule is CCN1CCN(c2cc(C)cc(Nc3ncn(-c4ccccc4)n3)c2)CC1. The first kappa shape index (κ1) is 17.5. The van der Waals surface area contributed by atoms with E-state index in [4.69, 9.17) is 0 Å². The Morgan fingerprint density at radius 3 is 2.48 bits per heavy atom. The second-order valence-electron chi connectivity index (χ2n) is 6.95. The minimum Gasteiger partial charge on any atom is -0.369 e. The van der Waals surface area contributed by atoms with Gasteiger partial charge in [0.25, 0.3) is 0 Å². The van der Waals surface area contributed by atoms with Crippen LogP contribution in [0, 0.1) is 6.92 Å². The minimum absolute atomic E-state index is 0.603. The second-order valence-corrected chi connectivity index (χ2v) is 6.95. The van der Waals surface area contributed by atoms with E-state index in [1.165, 1.54) is 11.3 Å². The molecule has 0 aliphatic carbocycles. The van der Waals surface area contributed by atoms with Crippen molar-refractivity contribution in [3.63, 3.8) is 0 Å². The van der Waals surface area contributed by atoms with Crippen LogP contribution in [-0.2, 0) is 0 Å². The molecule has 1 aliphatic rings. The van der Waals surface area contributed by atoms with Crippen LogP contribution in [0.3, 0.4) is 0 Å².